The number of nitrogens with one attached hydrogen (secondary N) is 2. The first-order chi connectivity index (χ1) is 29.9. The molecule has 5 heterocycles. The summed E-state index contributed by atoms with van der Waals surface area (Å²) in [6, 6.07) is 24.0. The maximum absolute atomic E-state index is 14.7. The number of thiazole rings is 1. The van der Waals surface area contributed by atoms with Crippen LogP contribution in [0.1, 0.15) is 44.0 Å². The number of aromatic nitrogens is 3. The van der Waals surface area contributed by atoms with Gasteiger partial charge in [0.05, 0.1) is 34.6 Å². The standard InChI is InChI=1S/C44H42F3N7O5S3/c45-44(46,47)35-24-32(12-13-36(35)49-30(16-18-53-20-22-59-23-21-53)27-60-31-7-2-1-3-8-31)62(57,58)28-39(55)37-10-5-11-41(50-37)54-19-15-29-6-4-9-33(34(29)26-54)42(56)52-43-51-38-25-48-17-14-40(38)61-43/h1-14,17,24-25,30,49H,15-16,18-23,26-28H2,(H,51,52,56)/t30-/m1/s1. The van der Waals surface area contributed by atoms with Crippen LogP contribution >= 0.6 is 23.1 Å². The van der Waals surface area contributed by atoms with Crippen molar-refractivity contribution in [1.82, 2.24) is 19.9 Å². The number of rotatable bonds is 15. The van der Waals surface area contributed by atoms with Crippen LogP contribution in [-0.2, 0) is 33.7 Å². The van der Waals surface area contributed by atoms with Crippen LogP contribution in [0, 0.1) is 0 Å². The van der Waals surface area contributed by atoms with Crippen LogP contribution in [0.5, 0.6) is 0 Å². The van der Waals surface area contributed by atoms with E-state index in [4.69, 9.17) is 4.74 Å². The van der Waals surface area contributed by atoms with Gasteiger partial charge in [-0.25, -0.2) is 18.4 Å². The molecule has 12 nitrogen and oxygen atoms in total. The van der Waals surface area contributed by atoms with Gasteiger partial charge >= 0.3 is 6.18 Å². The van der Waals surface area contributed by atoms with E-state index in [0.717, 1.165) is 45.9 Å². The van der Waals surface area contributed by atoms with Crippen molar-refractivity contribution >= 4 is 71.5 Å². The summed E-state index contributed by atoms with van der Waals surface area (Å²) in [6.07, 6.45) is -0.491. The minimum atomic E-state index is -4.89. The van der Waals surface area contributed by atoms with Crippen LogP contribution < -0.4 is 15.5 Å². The zero-order valence-electron chi connectivity index (χ0n) is 33.3. The summed E-state index contributed by atoms with van der Waals surface area (Å²) in [5.41, 5.74) is 1.36. The first-order valence-electron chi connectivity index (χ1n) is 20.0. The largest absolute Gasteiger partial charge is 0.418 e. The fraction of sp³-hybridized carbons (Fsp3) is 0.295. The monoisotopic (exact) mass is 901 g/mol. The van der Waals surface area contributed by atoms with Gasteiger partial charge in [-0.15, -0.1) is 11.8 Å². The Morgan fingerprint density at radius 1 is 0.935 bits per heavy atom. The third kappa shape index (κ3) is 10.4. The lowest BCUT2D eigenvalue weighted by atomic mass is 9.94. The summed E-state index contributed by atoms with van der Waals surface area (Å²) in [6.45, 7) is 4.09. The lowest BCUT2D eigenvalue weighted by Gasteiger charge is -2.31. The molecular weight excluding hydrogens is 860 g/mol. The number of fused-ring (bicyclic) bond motifs is 2. The Morgan fingerprint density at radius 3 is 2.53 bits per heavy atom. The minimum absolute atomic E-state index is 0.151. The molecule has 2 aliphatic heterocycles. The number of sulfone groups is 1. The quantitative estimate of drug-likeness (QED) is 0.0764. The molecule has 0 spiro atoms. The van der Waals surface area contributed by atoms with Crippen LogP contribution in [-0.4, -0.2) is 96.9 Å². The number of morpholine rings is 1. The van der Waals surface area contributed by atoms with Crippen LogP contribution in [0.15, 0.2) is 113 Å². The summed E-state index contributed by atoms with van der Waals surface area (Å²) < 4.78 is 77.7. The highest BCUT2D eigenvalue weighted by Crippen LogP contribution is 2.38. The molecular formula is C44H42F3N7O5S3. The number of carbonyl (C=O) groups excluding carboxylic acids is 2. The Bertz CT molecular complexity index is 2650. The van der Waals surface area contributed by atoms with Gasteiger partial charge in [0.2, 0.25) is 0 Å². The molecule has 1 fully saturated rings. The van der Waals surface area contributed by atoms with Gasteiger partial charge in [0.15, 0.2) is 20.8 Å². The number of halogens is 3. The van der Waals surface area contributed by atoms with E-state index in [1.165, 1.54) is 29.2 Å². The number of carbonyl (C=O) groups is 2. The molecule has 0 radical (unpaired) electrons. The number of hydrogen-bond acceptors (Lipinski definition) is 13. The molecule has 0 saturated carbocycles. The zero-order valence-corrected chi connectivity index (χ0v) is 35.8. The topological polar surface area (TPSA) is 147 Å². The third-order valence-electron chi connectivity index (χ3n) is 10.7. The predicted octanol–water partition coefficient (Wildman–Crippen LogP) is 7.87. The van der Waals surface area contributed by atoms with E-state index >= 15 is 0 Å². The van der Waals surface area contributed by atoms with Gasteiger partial charge in [-0.1, -0.05) is 47.7 Å². The number of benzene rings is 3. The van der Waals surface area contributed by atoms with Gasteiger partial charge in [-0.05, 0) is 78.6 Å². The Balaban J connectivity index is 0.963. The van der Waals surface area contributed by atoms with Gasteiger partial charge in [0.25, 0.3) is 5.91 Å². The molecule has 322 valence electrons. The number of nitrogens with zero attached hydrogens (tertiary/aromatic N) is 5. The second-order valence-electron chi connectivity index (χ2n) is 14.9. The Labute approximate surface area is 364 Å². The van der Waals surface area contributed by atoms with E-state index in [9.17, 15) is 31.2 Å². The van der Waals surface area contributed by atoms with E-state index in [1.807, 2.05) is 53.4 Å². The number of pyridine rings is 2. The van der Waals surface area contributed by atoms with Crippen LogP contribution in [0.4, 0.5) is 29.8 Å². The summed E-state index contributed by atoms with van der Waals surface area (Å²) >= 11 is 2.86. The van der Waals surface area contributed by atoms with Gasteiger partial charge in [-0.3, -0.25) is 24.8 Å². The molecule has 8 rings (SSSR count). The molecule has 3 aromatic heterocycles. The molecule has 1 saturated heterocycles. The number of Topliss-reactive ketones (excluding diaryl/α,β-unsaturated/α-hetero) is 1. The van der Waals surface area contributed by atoms with Crippen molar-refractivity contribution in [3.05, 3.63) is 131 Å². The second-order valence-corrected chi connectivity index (χ2v) is 19.0. The number of ether oxygens (including phenoxy) is 1. The maximum Gasteiger partial charge on any atom is 0.418 e. The number of amides is 1. The average molecular weight is 902 g/mol. The van der Waals surface area contributed by atoms with Crippen molar-refractivity contribution in [2.24, 2.45) is 0 Å². The molecule has 1 amide bonds. The van der Waals surface area contributed by atoms with Crippen LogP contribution in [0.3, 0.4) is 0 Å². The van der Waals surface area contributed by atoms with Crippen LogP contribution in [0.2, 0.25) is 0 Å². The molecule has 0 bridgehead atoms. The number of ketones is 1. The highest BCUT2D eigenvalue weighted by molar-refractivity contribution is 7.99. The molecule has 2 N–H and O–H groups in total. The normalized spacial score (nSPS) is 15.2. The number of thioether (sulfide) groups is 1. The molecule has 0 aliphatic carbocycles. The van der Waals surface area contributed by atoms with Gasteiger partial charge in [0.1, 0.15) is 22.8 Å². The minimum Gasteiger partial charge on any atom is -0.381 e. The van der Waals surface area contributed by atoms with Crippen LogP contribution in [0.25, 0.3) is 10.2 Å². The molecule has 62 heavy (non-hydrogen) atoms. The smallest absolute Gasteiger partial charge is 0.381 e. The lowest BCUT2D eigenvalue weighted by Crippen LogP contribution is -2.39. The van der Waals surface area contributed by atoms with Gasteiger partial charge in [-0.2, -0.15) is 13.2 Å². The molecule has 0 unspecified atom stereocenters. The van der Waals surface area contributed by atoms with Crippen molar-refractivity contribution in [2.45, 2.75) is 41.4 Å². The van der Waals surface area contributed by atoms with Crippen molar-refractivity contribution < 1.29 is 35.9 Å². The molecule has 2 aliphatic rings. The summed E-state index contributed by atoms with van der Waals surface area (Å²) in [4.78, 5) is 44.6. The highest BCUT2D eigenvalue weighted by atomic mass is 32.2. The number of alkyl halides is 3. The summed E-state index contributed by atoms with van der Waals surface area (Å²) in [5, 5.41) is 6.41. The average Bonchev–Trinajstić information content (AvgIpc) is 3.69. The molecule has 6 aromatic rings. The van der Waals surface area contributed by atoms with Crippen molar-refractivity contribution in [2.75, 3.05) is 66.4 Å². The van der Waals surface area contributed by atoms with Crippen molar-refractivity contribution in [1.29, 1.82) is 0 Å². The van der Waals surface area contributed by atoms with E-state index in [0.29, 0.717) is 73.0 Å². The Morgan fingerprint density at radius 2 is 1.74 bits per heavy atom. The SMILES string of the molecule is O=C(CS(=O)(=O)c1ccc(N[C@H](CCN2CCOCC2)CSc2ccccc2)c(C(F)(F)F)c1)c1cccc(N2CCc3cccc(C(=O)Nc4nc5cnccc5s4)c3C2)n1. The zero-order chi connectivity index (χ0) is 43.3. The molecule has 1 atom stereocenters. The number of hydrogen-bond donors (Lipinski definition) is 2. The van der Waals surface area contributed by atoms with Crippen molar-refractivity contribution in [3.8, 4) is 0 Å². The van der Waals surface area contributed by atoms with E-state index in [2.05, 4.69) is 30.5 Å². The molecule has 18 heteroatoms. The fourth-order valence-corrected chi connectivity index (χ4v) is 10.5. The summed E-state index contributed by atoms with van der Waals surface area (Å²) in [7, 11) is -4.54. The fourth-order valence-electron chi connectivity index (χ4n) is 7.44. The van der Waals surface area contributed by atoms with E-state index in [-0.39, 0.29) is 29.9 Å². The van der Waals surface area contributed by atoms with E-state index < -0.39 is 38.0 Å². The first-order valence-corrected chi connectivity index (χ1v) is 23.4. The van der Waals surface area contributed by atoms with Gasteiger partial charge in [0, 0.05) is 66.9 Å². The molecule has 3 aromatic carbocycles. The first kappa shape index (κ1) is 43.3. The highest BCUT2D eigenvalue weighted by Gasteiger charge is 2.36. The Hall–Kier alpha value is -5.40. The second kappa shape index (κ2) is 18.9. The summed E-state index contributed by atoms with van der Waals surface area (Å²) in [5.74, 6) is -1.43. The Kier molecular flexibility index (Phi) is 13.2. The maximum atomic E-state index is 14.7. The number of anilines is 3. The predicted molar refractivity (Wildman–Crippen MR) is 235 cm³/mol. The van der Waals surface area contributed by atoms with E-state index in [1.54, 1.807) is 30.6 Å². The van der Waals surface area contributed by atoms with Crippen molar-refractivity contribution in [3.63, 3.8) is 0 Å². The third-order valence-corrected chi connectivity index (χ3v) is 14.4. The van der Waals surface area contributed by atoms with Gasteiger partial charge < -0.3 is 15.0 Å². The lowest BCUT2D eigenvalue weighted by molar-refractivity contribution is -0.137.